The Hall–Kier alpha value is -2.35. The average molecular weight is 291 g/mol. The summed E-state index contributed by atoms with van der Waals surface area (Å²) in [6.45, 7) is 4.25. The highest BCUT2D eigenvalue weighted by molar-refractivity contribution is 5.87. The molecule has 22 heavy (non-hydrogen) atoms. The Morgan fingerprint density at radius 2 is 1.77 bits per heavy atom. The lowest BCUT2D eigenvalue weighted by Crippen LogP contribution is -2.07. The van der Waals surface area contributed by atoms with Crippen LogP contribution >= 0.6 is 0 Å². The van der Waals surface area contributed by atoms with E-state index >= 15 is 0 Å². The summed E-state index contributed by atoms with van der Waals surface area (Å²) in [5.74, 6) is 0. The second-order valence-electron chi connectivity index (χ2n) is 5.85. The van der Waals surface area contributed by atoms with Crippen LogP contribution in [0.2, 0.25) is 0 Å². The molecule has 0 bridgehead atoms. The summed E-state index contributed by atoms with van der Waals surface area (Å²) in [4.78, 5) is 15.3. The summed E-state index contributed by atoms with van der Waals surface area (Å²) in [5, 5.41) is 1.78. The number of hydrogen-bond donors (Lipinski definition) is 1. The van der Waals surface area contributed by atoms with Gasteiger partial charge in [-0.25, -0.2) is 0 Å². The molecule has 0 saturated carbocycles. The molecule has 112 valence electrons. The van der Waals surface area contributed by atoms with Gasteiger partial charge in [0, 0.05) is 11.1 Å². The molecule has 1 N–H and O–H groups in total. The molecule has 3 rings (SSSR count). The van der Waals surface area contributed by atoms with E-state index in [9.17, 15) is 4.79 Å². The van der Waals surface area contributed by atoms with Crippen LogP contribution in [-0.4, -0.2) is 4.98 Å². The Bertz CT molecular complexity index is 844. The zero-order valence-electron chi connectivity index (χ0n) is 13.1. The lowest BCUT2D eigenvalue weighted by molar-refractivity contribution is 0.795. The average Bonchev–Trinajstić information content (AvgIpc) is 2.54. The molecule has 0 fully saturated rings. The number of aromatic amines is 1. The van der Waals surface area contributed by atoms with Gasteiger partial charge in [-0.2, -0.15) is 0 Å². The first-order valence-corrected chi connectivity index (χ1v) is 7.91. The zero-order chi connectivity index (χ0) is 15.5. The van der Waals surface area contributed by atoms with Gasteiger partial charge < -0.3 is 4.98 Å². The van der Waals surface area contributed by atoms with Gasteiger partial charge in [0.1, 0.15) is 0 Å². The minimum absolute atomic E-state index is 0.0220. The second-order valence-corrected chi connectivity index (χ2v) is 5.85. The highest BCUT2D eigenvalue weighted by atomic mass is 16.1. The Morgan fingerprint density at radius 1 is 1.00 bits per heavy atom. The van der Waals surface area contributed by atoms with Crippen LogP contribution in [0.5, 0.6) is 0 Å². The maximum atomic E-state index is 12.3. The summed E-state index contributed by atoms with van der Waals surface area (Å²) in [5.41, 5.74) is 4.40. The minimum atomic E-state index is -0.0220. The first-order valence-electron chi connectivity index (χ1n) is 7.91. The number of rotatable bonds is 4. The van der Waals surface area contributed by atoms with Crippen LogP contribution in [-0.2, 0) is 6.42 Å². The summed E-state index contributed by atoms with van der Waals surface area (Å²) >= 11 is 0. The molecule has 2 heteroatoms. The van der Waals surface area contributed by atoms with Gasteiger partial charge in [0.15, 0.2) is 0 Å². The number of unbranched alkanes of at least 4 members (excludes halogenated alkanes) is 1. The van der Waals surface area contributed by atoms with Crippen molar-refractivity contribution in [2.45, 2.75) is 33.1 Å². The number of benzene rings is 2. The molecular weight excluding hydrogens is 270 g/mol. The van der Waals surface area contributed by atoms with Crippen LogP contribution in [0.1, 0.15) is 30.9 Å². The lowest BCUT2D eigenvalue weighted by atomic mass is 10.0. The van der Waals surface area contributed by atoms with Crippen LogP contribution < -0.4 is 5.56 Å². The maximum absolute atomic E-state index is 12.3. The molecule has 1 aromatic heterocycles. The topological polar surface area (TPSA) is 32.9 Å². The predicted molar refractivity (Wildman–Crippen MR) is 93.4 cm³/mol. The van der Waals surface area contributed by atoms with E-state index in [1.807, 2.05) is 25.1 Å². The Kier molecular flexibility index (Phi) is 4.10. The number of fused-ring (bicyclic) bond motifs is 1. The summed E-state index contributed by atoms with van der Waals surface area (Å²) < 4.78 is 0. The molecule has 1 heterocycles. The van der Waals surface area contributed by atoms with Gasteiger partial charge in [-0.3, -0.25) is 4.79 Å². The fourth-order valence-electron chi connectivity index (χ4n) is 2.83. The van der Waals surface area contributed by atoms with E-state index in [0.29, 0.717) is 0 Å². The number of aromatic nitrogens is 1. The van der Waals surface area contributed by atoms with E-state index in [1.165, 1.54) is 18.4 Å². The van der Waals surface area contributed by atoms with Crippen molar-refractivity contribution < 1.29 is 0 Å². The maximum Gasteiger partial charge on any atom is 0.256 e. The first-order chi connectivity index (χ1) is 10.7. The van der Waals surface area contributed by atoms with E-state index in [1.54, 1.807) is 0 Å². The second kappa shape index (κ2) is 6.18. The number of pyridine rings is 1. The van der Waals surface area contributed by atoms with Crippen LogP contribution in [0, 0.1) is 6.92 Å². The van der Waals surface area contributed by atoms with Crippen molar-refractivity contribution in [2.24, 2.45) is 0 Å². The Balaban J connectivity index is 2.03. The van der Waals surface area contributed by atoms with Crippen molar-refractivity contribution in [1.29, 1.82) is 0 Å². The highest BCUT2D eigenvalue weighted by Crippen LogP contribution is 2.22. The fourth-order valence-corrected chi connectivity index (χ4v) is 2.83. The Morgan fingerprint density at radius 3 is 2.50 bits per heavy atom. The molecule has 0 spiro atoms. The van der Waals surface area contributed by atoms with Crippen molar-refractivity contribution in [3.05, 3.63) is 70.0 Å². The van der Waals surface area contributed by atoms with Gasteiger partial charge in [0.05, 0.1) is 0 Å². The third-order valence-electron chi connectivity index (χ3n) is 4.19. The van der Waals surface area contributed by atoms with E-state index < -0.39 is 0 Å². The fraction of sp³-hybridized carbons (Fsp3) is 0.250. The predicted octanol–water partition coefficient (Wildman–Crippen LogP) is 4.85. The SMILES string of the molecule is CCCCc1ccc(-c2cc3c(C)cccc3c(=O)[nH]2)cc1. The van der Waals surface area contributed by atoms with Crippen molar-refractivity contribution in [1.82, 2.24) is 4.98 Å². The van der Waals surface area contributed by atoms with E-state index in [4.69, 9.17) is 0 Å². The monoisotopic (exact) mass is 291 g/mol. The Labute approximate surface area is 130 Å². The molecule has 0 unspecified atom stereocenters. The molecule has 0 saturated heterocycles. The third kappa shape index (κ3) is 2.82. The van der Waals surface area contributed by atoms with E-state index in [-0.39, 0.29) is 5.56 Å². The van der Waals surface area contributed by atoms with Crippen LogP contribution in [0.15, 0.2) is 53.3 Å². The first kappa shape index (κ1) is 14.6. The quantitative estimate of drug-likeness (QED) is 0.732. The van der Waals surface area contributed by atoms with Crippen molar-refractivity contribution >= 4 is 10.8 Å². The number of H-pyrrole nitrogens is 1. The van der Waals surface area contributed by atoms with Crippen LogP contribution in [0.25, 0.3) is 22.0 Å². The third-order valence-corrected chi connectivity index (χ3v) is 4.19. The molecule has 0 radical (unpaired) electrons. The van der Waals surface area contributed by atoms with Gasteiger partial charge in [0.25, 0.3) is 5.56 Å². The molecule has 2 nitrogen and oxygen atoms in total. The van der Waals surface area contributed by atoms with Crippen molar-refractivity contribution in [2.75, 3.05) is 0 Å². The molecular formula is C20H21NO. The molecule has 2 aromatic carbocycles. The smallest absolute Gasteiger partial charge is 0.256 e. The molecule has 0 aliphatic rings. The van der Waals surface area contributed by atoms with Gasteiger partial charge in [-0.05, 0) is 54.0 Å². The molecule has 0 aliphatic carbocycles. The van der Waals surface area contributed by atoms with Crippen LogP contribution in [0.4, 0.5) is 0 Å². The number of aryl methyl sites for hydroxylation is 2. The number of nitrogens with one attached hydrogen (secondary N) is 1. The largest absolute Gasteiger partial charge is 0.321 e. The van der Waals surface area contributed by atoms with Gasteiger partial charge >= 0.3 is 0 Å². The standard InChI is InChI=1S/C20H21NO/c1-3-4-7-15-9-11-16(12-10-15)19-13-18-14(2)6-5-8-17(18)20(22)21-19/h5-6,8-13H,3-4,7H2,1-2H3,(H,21,22). The summed E-state index contributed by atoms with van der Waals surface area (Å²) in [7, 11) is 0. The van der Waals surface area contributed by atoms with Gasteiger partial charge in [-0.15, -0.1) is 0 Å². The van der Waals surface area contributed by atoms with Gasteiger partial charge in [-0.1, -0.05) is 49.7 Å². The van der Waals surface area contributed by atoms with Crippen molar-refractivity contribution in [3.63, 3.8) is 0 Å². The van der Waals surface area contributed by atoms with E-state index in [2.05, 4.69) is 42.2 Å². The van der Waals surface area contributed by atoms with Crippen LogP contribution in [0.3, 0.4) is 0 Å². The lowest BCUT2D eigenvalue weighted by Gasteiger charge is -2.07. The normalized spacial score (nSPS) is 11.0. The molecule has 0 atom stereocenters. The minimum Gasteiger partial charge on any atom is -0.321 e. The zero-order valence-corrected chi connectivity index (χ0v) is 13.1. The van der Waals surface area contributed by atoms with Crippen molar-refractivity contribution in [3.8, 4) is 11.3 Å². The molecule has 0 amide bonds. The molecule has 0 aliphatic heterocycles. The molecule has 3 aromatic rings. The highest BCUT2D eigenvalue weighted by Gasteiger charge is 2.06. The summed E-state index contributed by atoms with van der Waals surface area (Å²) in [6.07, 6.45) is 3.54. The number of hydrogen-bond acceptors (Lipinski definition) is 1. The van der Waals surface area contributed by atoms with Gasteiger partial charge in [0.2, 0.25) is 0 Å². The van der Waals surface area contributed by atoms with E-state index in [0.717, 1.165) is 34.0 Å². The summed E-state index contributed by atoms with van der Waals surface area (Å²) in [6, 6.07) is 16.4.